The zero-order chi connectivity index (χ0) is 24.2. The first-order valence-electron chi connectivity index (χ1n) is 10.2. The van der Waals surface area contributed by atoms with E-state index in [0.717, 1.165) is 29.0 Å². The van der Waals surface area contributed by atoms with Crippen molar-refractivity contribution in [3.8, 4) is 5.75 Å². The molecule has 0 spiro atoms. The van der Waals surface area contributed by atoms with Gasteiger partial charge in [0.2, 0.25) is 0 Å². The molecule has 1 aliphatic rings. The minimum absolute atomic E-state index is 0.0387. The van der Waals surface area contributed by atoms with E-state index in [2.05, 4.69) is 0 Å². The number of carbonyl (C=O) groups is 3. The molecule has 170 valence electrons. The second kappa shape index (κ2) is 9.72. The van der Waals surface area contributed by atoms with E-state index in [1.54, 1.807) is 30.3 Å². The topological polar surface area (TPSA) is 107 Å². The summed E-state index contributed by atoms with van der Waals surface area (Å²) in [6, 6.07) is 19.3. The van der Waals surface area contributed by atoms with Crippen LogP contribution in [-0.4, -0.2) is 26.9 Å². The van der Waals surface area contributed by atoms with Gasteiger partial charge < -0.3 is 4.74 Å². The average molecular weight is 474 g/mol. The van der Waals surface area contributed by atoms with Crippen molar-refractivity contribution in [2.75, 3.05) is 0 Å². The minimum Gasteiger partial charge on any atom is -0.423 e. The highest BCUT2D eigenvalue weighted by Gasteiger charge is 2.35. The summed E-state index contributed by atoms with van der Waals surface area (Å²) in [4.78, 5) is 49.4. The number of rotatable bonds is 6. The zero-order valence-electron chi connectivity index (χ0n) is 18.0. The third-order valence-electron chi connectivity index (χ3n) is 4.99. The van der Waals surface area contributed by atoms with E-state index in [4.69, 9.17) is 4.74 Å². The highest BCUT2D eigenvalue weighted by Crippen LogP contribution is 2.33. The molecule has 8 nitrogen and oxygen atoms in total. The van der Waals surface area contributed by atoms with E-state index in [1.807, 2.05) is 31.2 Å². The summed E-state index contributed by atoms with van der Waals surface area (Å²) in [7, 11) is 0. The van der Waals surface area contributed by atoms with Crippen LogP contribution in [0.1, 0.15) is 27.0 Å². The van der Waals surface area contributed by atoms with Gasteiger partial charge in [-0.1, -0.05) is 48.0 Å². The molecule has 1 fully saturated rings. The second-order valence-electron chi connectivity index (χ2n) is 7.52. The molecule has 2 amide bonds. The Labute approximate surface area is 199 Å². The molecular weight excluding hydrogens is 456 g/mol. The SMILES string of the molecule is Cc1ccc(CN2C(=O)S/C(=C\c3cccc(OC(=O)c4cccc([N+](=O)[O-])c4)c3)C2=O)cc1. The smallest absolute Gasteiger partial charge is 0.343 e. The van der Waals surface area contributed by atoms with Crippen LogP contribution < -0.4 is 4.74 Å². The van der Waals surface area contributed by atoms with Gasteiger partial charge in [0.1, 0.15) is 5.75 Å². The lowest BCUT2D eigenvalue weighted by molar-refractivity contribution is -0.384. The molecule has 0 radical (unpaired) electrons. The molecule has 0 saturated carbocycles. The quantitative estimate of drug-likeness (QED) is 0.156. The van der Waals surface area contributed by atoms with Crippen molar-refractivity contribution in [1.82, 2.24) is 4.90 Å². The van der Waals surface area contributed by atoms with Gasteiger partial charge in [0.15, 0.2) is 0 Å². The van der Waals surface area contributed by atoms with Crippen molar-refractivity contribution in [3.05, 3.63) is 110 Å². The molecule has 4 rings (SSSR count). The summed E-state index contributed by atoms with van der Waals surface area (Å²) in [5, 5.41) is 10.6. The average Bonchev–Trinajstić information content (AvgIpc) is 3.08. The summed E-state index contributed by atoms with van der Waals surface area (Å²) in [5.74, 6) is -0.946. The molecule has 0 atom stereocenters. The number of nitro groups is 1. The number of amides is 2. The van der Waals surface area contributed by atoms with Crippen LogP contribution in [0.5, 0.6) is 5.75 Å². The van der Waals surface area contributed by atoms with Gasteiger partial charge in [0, 0.05) is 12.1 Å². The van der Waals surface area contributed by atoms with Crippen LogP contribution in [0.25, 0.3) is 6.08 Å². The van der Waals surface area contributed by atoms with Crippen LogP contribution in [0.4, 0.5) is 10.5 Å². The van der Waals surface area contributed by atoms with E-state index in [-0.39, 0.29) is 33.7 Å². The molecule has 1 aliphatic heterocycles. The van der Waals surface area contributed by atoms with Gasteiger partial charge in [0.05, 0.1) is 21.9 Å². The maximum atomic E-state index is 12.8. The lowest BCUT2D eigenvalue weighted by atomic mass is 10.1. The van der Waals surface area contributed by atoms with E-state index < -0.39 is 16.8 Å². The Hall–Kier alpha value is -4.24. The molecule has 0 aliphatic carbocycles. The second-order valence-corrected chi connectivity index (χ2v) is 8.52. The highest BCUT2D eigenvalue weighted by atomic mass is 32.2. The number of carbonyl (C=O) groups excluding carboxylic acids is 3. The van der Waals surface area contributed by atoms with E-state index >= 15 is 0 Å². The largest absolute Gasteiger partial charge is 0.423 e. The van der Waals surface area contributed by atoms with Crippen molar-refractivity contribution >= 4 is 40.6 Å². The van der Waals surface area contributed by atoms with Crippen LogP contribution >= 0.6 is 11.8 Å². The first-order valence-corrected chi connectivity index (χ1v) is 11.0. The van der Waals surface area contributed by atoms with Crippen LogP contribution in [0.3, 0.4) is 0 Å². The molecule has 3 aromatic rings. The highest BCUT2D eigenvalue weighted by molar-refractivity contribution is 8.18. The Kier molecular flexibility index (Phi) is 6.55. The van der Waals surface area contributed by atoms with Crippen molar-refractivity contribution in [3.63, 3.8) is 0 Å². The number of benzene rings is 3. The number of thioether (sulfide) groups is 1. The summed E-state index contributed by atoms with van der Waals surface area (Å²) in [5.41, 5.74) is 2.32. The molecule has 9 heteroatoms. The number of hydrogen-bond acceptors (Lipinski definition) is 7. The number of ether oxygens (including phenoxy) is 1. The Morgan fingerprint density at radius 1 is 1.06 bits per heavy atom. The van der Waals surface area contributed by atoms with Gasteiger partial charge in [-0.3, -0.25) is 24.6 Å². The summed E-state index contributed by atoms with van der Waals surface area (Å²) < 4.78 is 5.34. The van der Waals surface area contributed by atoms with Crippen molar-refractivity contribution < 1.29 is 24.0 Å². The Bertz CT molecular complexity index is 1330. The third-order valence-corrected chi connectivity index (χ3v) is 5.90. The van der Waals surface area contributed by atoms with Gasteiger partial charge in [0.25, 0.3) is 16.8 Å². The number of aryl methyl sites for hydroxylation is 1. The summed E-state index contributed by atoms with van der Waals surface area (Å²) in [6.45, 7) is 2.14. The van der Waals surface area contributed by atoms with Crippen molar-refractivity contribution in [2.45, 2.75) is 13.5 Å². The lowest BCUT2D eigenvalue weighted by Crippen LogP contribution is -2.27. The predicted octanol–water partition coefficient (Wildman–Crippen LogP) is 5.36. The van der Waals surface area contributed by atoms with Gasteiger partial charge in [-0.25, -0.2) is 4.79 Å². The van der Waals surface area contributed by atoms with Crippen LogP contribution in [-0.2, 0) is 11.3 Å². The van der Waals surface area contributed by atoms with Crippen molar-refractivity contribution in [2.24, 2.45) is 0 Å². The first kappa shape index (κ1) is 22.9. The van der Waals surface area contributed by atoms with Gasteiger partial charge >= 0.3 is 5.97 Å². The van der Waals surface area contributed by atoms with Crippen molar-refractivity contribution in [1.29, 1.82) is 0 Å². The number of nitrogens with zero attached hydrogens (tertiary/aromatic N) is 2. The molecule has 1 heterocycles. The molecule has 0 aromatic heterocycles. The Morgan fingerprint density at radius 3 is 2.53 bits per heavy atom. The number of non-ortho nitro benzene ring substituents is 1. The fraction of sp³-hybridized carbons (Fsp3) is 0.0800. The monoisotopic (exact) mass is 474 g/mol. The number of nitro benzene ring substituents is 1. The number of imide groups is 1. The number of esters is 1. The normalized spacial score (nSPS) is 14.5. The summed E-state index contributed by atoms with van der Waals surface area (Å²) >= 11 is 0.847. The van der Waals surface area contributed by atoms with Gasteiger partial charge in [-0.2, -0.15) is 0 Å². The van der Waals surface area contributed by atoms with Crippen LogP contribution in [0.2, 0.25) is 0 Å². The standard InChI is InChI=1S/C25H18N2O6S/c1-16-8-10-17(11-9-16)15-26-23(28)22(34-25(26)30)13-18-4-2-7-21(12-18)33-24(29)19-5-3-6-20(14-19)27(31)32/h2-14H,15H2,1H3/b22-13-. The van der Waals surface area contributed by atoms with E-state index in [0.29, 0.717) is 5.56 Å². The molecule has 0 unspecified atom stereocenters. The zero-order valence-corrected chi connectivity index (χ0v) is 18.8. The molecular formula is C25H18N2O6S. The summed E-state index contributed by atoms with van der Waals surface area (Å²) in [6.07, 6.45) is 1.56. The van der Waals surface area contributed by atoms with Crippen LogP contribution in [0, 0.1) is 17.0 Å². The lowest BCUT2D eigenvalue weighted by Gasteiger charge is -2.12. The van der Waals surface area contributed by atoms with Gasteiger partial charge in [-0.05, 0) is 54.1 Å². The third kappa shape index (κ3) is 5.21. The molecule has 34 heavy (non-hydrogen) atoms. The van der Waals surface area contributed by atoms with Crippen LogP contribution in [0.15, 0.2) is 77.7 Å². The minimum atomic E-state index is -0.751. The fourth-order valence-electron chi connectivity index (χ4n) is 3.24. The molecule has 0 N–H and O–H groups in total. The molecule has 0 bridgehead atoms. The first-order chi connectivity index (χ1) is 16.3. The Morgan fingerprint density at radius 2 is 1.79 bits per heavy atom. The van der Waals surface area contributed by atoms with E-state index in [9.17, 15) is 24.5 Å². The maximum Gasteiger partial charge on any atom is 0.343 e. The Balaban J connectivity index is 1.48. The van der Waals surface area contributed by atoms with Gasteiger partial charge in [-0.15, -0.1) is 0 Å². The number of hydrogen-bond donors (Lipinski definition) is 0. The predicted molar refractivity (Wildman–Crippen MR) is 127 cm³/mol. The maximum absolute atomic E-state index is 12.8. The molecule has 1 saturated heterocycles. The fourth-order valence-corrected chi connectivity index (χ4v) is 4.08. The van der Waals surface area contributed by atoms with E-state index in [1.165, 1.54) is 23.1 Å². The molecule has 3 aromatic carbocycles.